The summed E-state index contributed by atoms with van der Waals surface area (Å²) < 4.78 is 48.6. The summed E-state index contributed by atoms with van der Waals surface area (Å²) in [4.78, 5) is 0. The highest BCUT2D eigenvalue weighted by Gasteiger charge is 2.69. The van der Waals surface area contributed by atoms with Gasteiger partial charge in [-0.2, -0.15) is 0 Å². The Bertz CT molecular complexity index is 1600. The molecule has 0 amide bonds. The van der Waals surface area contributed by atoms with Gasteiger partial charge in [-0.15, -0.1) is 0 Å². The summed E-state index contributed by atoms with van der Waals surface area (Å²) in [6.45, 7) is 8.09. The molecule has 4 aliphatic carbocycles. The van der Waals surface area contributed by atoms with Crippen molar-refractivity contribution in [3.63, 3.8) is 0 Å². The molecule has 0 aromatic heterocycles. The molecule has 64 heavy (non-hydrogen) atoms. The van der Waals surface area contributed by atoms with Crippen molar-refractivity contribution in [1.82, 2.24) is 0 Å². The third-order valence-electron chi connectivity index (χ3n) is 18.3. The lowest BCUT2D eigenvalue weighted by Gasteiger charge is -2.62. The molecule has 4 saturated carbocycles. The van der Waals surface area contributed by atoms with Crippen molar-refractivity contribution in [2.24, 2.45) is 52.3 Å². The molecular weight excluding hydrogens is 844 g/mol. The van der Waals surface area contributed by atoms with Gasteiger partial charge in [-0.3, -0.25) is 0 Å². The molecule has 5 heterocycles. The molecule has 19 nitrogen and oxygen atoms in total. The van der Waals surface area contributed by atoms with Gasteiger partial charge in [0.2, 0.25) is 0 Å². The molecule has 5 saturated heterocycles. The minimum atomic E-state index is -1.88. The van der Waals surface area contributed by atoms with Crippen LogP contribution in [-0.4, -0.2) is 199 Å². The second-order valence-electron chi connectivity index (χ2n) is 21.7. The highest BCUT2D eigenvalue weighted by atomic mass is 16.8. The van der Waals surface area contributed by atoms with Crippen LogP contribution >= 0.6 is 0 Å². The van der Waals surface area contributed by atoms with Crippen LogP contribution in [0.3, 0.4) is 0 Å². The first-order valence-corrected chi connectivity index (χ1v) is 23.9. The van der Waals surface area contributed by atoms with Gasteiger partial charge in [0, 0.05) is 12.3 Å². The smallest absolute Gasteiger partial charge is 0.187 e. The maximum absolute atomic E-state index is 11.8. The lowest BCUT2D eigenvalue weighted by atomic mass is 9.44. The molecule has 9 fully saturated rings. The SMILES string of the molecule is C[C@@H]1CC[C@@]2(OC1)O[C@H]1C[C@H]3[C@@H]4CC[C@H]5C[C@@H](O[C@@H]6O[C@H](CO[C@@H]7O[C@H](CO)[C@@H](O)[C@H](O)[C@H]7O[C@@H]7O[C@H](CO)[C@@H](O)[C@H](O)[C@H]7O)[C@@H](O)[C@H](O)[C@H]6O)[C@H](O)C[C@]5(C)[C@H]4CC[C@]3(C)[C@H]1[C@@H]2C. The van der Waals surface area contributed by atoms with Gasteiger partial charge >= 0.3 is 0 Å². The van der Waals surface area contributed by atoms with E-state index >= 15 is 0 Å². The van der Waals surface area contributed by atoms with E-state index in [4.69, 9.17) is 37.9 Å². The Morgan fingerprint density at radius 2 is 1.23 bits per heavy atom. The Morgan fingerprint density at radius 1 is 0.609 bits per heavy atom. The van der Waals surface area contributed by atoms with E-state index in [1.165, 1.54) is 0 Å². The predicted octanol–water partition coefficient (Wildman–Crippen LogP) is -1.76. The number of ether oxygens (including phenoxy) is 8. The molecule has 0 unspecified atom stereocenters. The van der Waals surface area contributed by atoms with Crippen molar-refractivity contribution in [2.45, 2.75) is 202 Å². The van der Waals surface area contributed by atoms with Crippen LogP contribution in [0, 0.1) is 52.3 Å². The van der Waals surface area contributed by atoms with Gasteiger partial charge in [0.25, 0.3) is 0 Å². The minimum Gasteiger partial charge on any atom is -0.394 e. The Morgan fingerprint density at radius 3 is 1.89 bits per heavy atom. The van der Waals surface area contributed by atoms with E-state index in [0.29, 0.717) is 48.3 Å². The average molecular weight is 919 g/mol. The molecule has 5 aliphatic heterocycles. The van der Waals surface area contributed by atoms with Crippen LogP contribution in [0.2, 0.25) is 0 Å². The van der Waals surface area contributed by atoms with E-state index in [9.17, 15) is 56.2 Å². The molecule has 0 aromatic carbocycles. The largest absolute Gasteiger partial charge is 0.394 e. The second-order valence-corrected chi connectivity index (χ2v) is 21.7. The fraction of sp³-hybridized carbons (Fsp3) is 1.00. The molecule has 28 atom stereocenters. The predicted molar refractivity (Wildman–Crippen MR) is 217 cm³/mol. The second kappa shape index (κ2) is 18.2. The molecule has 9 rings (SSSR count). The van der Waals surface area contributed by atoms with Gasteiger partial charge in [-0.1, -0.05) is 27.7 Å². The molecule has 0 bridgehead atoms. The topological polar surface area (TPSA) is 296 Å². The number of aliphatic hydroxyl groups is 11. The van der Waals surface area contributed by atoms with Gasteiger partial charge < -0.3 is 94.1 Å². The molecule has 9 aliphatic rings. The number of fused-ring (bicyclic) bond motifs is 7. The van der Waals surface area contributed by atoms with E-state index in [0.717, 1.165) is 51.6 Å². The Kier molecular flexibility index (Phi) is 13.7. The van der Waals surface area contributed by atoms with Crippen molar-refractivity contribution in [3.05, 3.63) is 0 Å². The van der Waals surface area contributed by atoms with Crippen molar-refractivity contribution < 1.29 is 94.1 Å². The molecule has 368 valence electrons. The van der Waals surface area contributed by atoms with Crippen LogP contribution in [0.25, 0.3) is 0 Å². The molecule has 11 N–H and O–H groups in total. The summed E-state index contributed by atoms with van der Waals surface area (Å²) in [5.74, 6) is 2.57. The monoisotopic (exact) mass is 918 g/mol. The third kappa shape index (κ3) is 7.95. The molecule has 0 aromatic rings. The van der Waals surface area contributed by atoms with E-state index in [1.54, 1.807) is 0 Å². The van der Waals surface area contributed by atoms with Crippen LogP contribution in [0.15, 0.2) is 0 Å². The van der Waals surface area contributed by atoms with Crippen LogP contribution < -0.4 is 0 Å². The first kappa shape index (κ1) is 48.3. The molecule has 1 spiro atoms. The Balaban J connectivity index is 0.840. The summed E-state index contributed by atoms with van der Waals surface area (Å²) in [6, 6.07) is 0. The van der Waals surface area contributed by atoms with Crippen molar-refractivity contribution >= 4 is 0 Å². The first-order valence-electron chi connectivity index (χ1n) is 23.9. The van der Waals surface area contributed by atoms with Gasteiger partial charge in [0.15, 0.2) is 24.7 Å². The lowest BCUT2D eigenvalue weighted by molar-refractivity contribution is -0.374. The average Bonchev–Trinajstić information content (AvgIpc) is 3.72. The van der Waals surface area contributed by atoms with E-state index in [2.05, 4.69) is 27.7 Å². The Labute approximate surface area is 373 Å². The normalized spacial score (nSPS) is 58.6. The van der Waals surface area contributed by atoms with Gasteiger partial charge in [-0.05, 0) is 97.7 Å². The zero-order valence-electron chi connectivity index (χ0n) is 37.3. The minimum absolute atomic E-state index is 0.144. The van der Waals surface area contributed by atoms with E-state index in [-0.39, 0.29) is 22.9 Å². The highest BCUT2D eigenvalue weighted by Crippen LogP contribution is 2.71. The van der Waals surface area contributed by atoms with Crippen molar-refractivity contribution in [1.29, 1.82) is 0 Å². The highest BCUT2D eigenvalue weighted by molar-refractivity contribution is 5.16. The lowest BCUT2D eigenvalue weighted by Crippen LogP contribution is -2.65. The van der Waals surface area contributed by atoms with Crippen molar-refractivity contribution in [2.75, 3.05) is 26.4 Å². The number of rotatable bonds is 9. The summed E-state index contributed by atoms with van der Waals surface area (Å²) in [5, 5.41) is 117. The van der Waals surface area contributed by atoms with Crippen LogP contribution in [0.1, 0.15) is 85.5 Å². The zero-order chi connectivity index (χ0) is 45.8. The quantitative estimate of drug-likeness (QED) is 0.114. The van der Waals surface area contributed by atoms with E-state index in [1.807, 2.05) is 0 Å². The number of hydrogen-bond donors (Lipinski definition) is 11. The fourth-order valence-corrected chi connectivity index (χ4v) is 14.6. The zero-order valence-corrected chi connectivity index (χ0v) is 37.3. The summed E-state index contributed by atoms with van der Waals surface area (Å²) in [5.41, 5.74) is 0.0147. The number of hydrogen-bond acceptors (Lipinski definition) is 19. The van der Waals surface area contributed by atoms with Crippen LogP contribution in [-0.2, 0) is 37.9 Å². The standard InChI is InChI=1S/C45H74O19/c1-18-7-10-45(58-16-18)19(2)30-26(64-45)12-23-21-6-5-20-11-25(24(48)13-44(20,4)22(21)8-9-43(23,30)3)59-40-37(55)35(53)33(51)29(62-40)17-57-42-39(36(54)32(50)28(15-47)61-42)63-41-38(56)34(52)31(49)27(14-46)60-41/h18-42,46-56H,5-17H2,1-4H3/t18-,19+,20+,21-,22+,23+,24-,25-,26+,27-,28-,29-,30+,31-,32-,33-,34+,35+,36+,37-,38-,39-,40-,41+,42-,43+,44+,45-/m1/s1. The summed E-state index contributed by atoms with van der Waals surface area (Å²) in [7, 11) is 0. The fourth-order valence-electron chi connectivity index (χ4n) is 14.6. The third-order valence-corrected chi connectivity index (χ3v) is 18.3. The van der Waals surface area contributed by atoms with Gasteiger partial charge in [0.05, 0.1) is 44.7 Å². The first-order chi connectivity index (χ1) is 30.3. The van der Waals surface area contributed by atoms with Crippen LogP contribution in [0.5, 0.6) is 0 Å². The van der Waals surface area contributed by atoms with Crippen molar-refractivity contribution in [3.8, 4) is 0 Å². The molecule has 0 radical (unpaired) electrons. The van der Waals surface area contributed by atoms with E-state index < -0.39 is 130 Å². The Hall–Kier alpha value is -0.760. The van der Waals surface area contributed by atoms with Gasteiger partial charge in [-0.25, -0.2) is 0 Å². The summed E-state index contributed by atoms with van der Waals surface area (Å²) in [6.07, 6.45) is -18.0. The summed E-state index contributed by atoms with van der Waals surface area (Å²) >= 11 is 0. The maximum atomic E-state index is 11.8. The molecular formula is C45H74O19. The maximum Gasteiger partial charge on any atom is 0.187 e. The molecule has 19 heteroatoms. The number of aliphatic hydroxyl groups excluding tert-OH is 11. The van der Waals surface area contributed by atoms with Gasteiger partial charge in [0.1, 0.15) is 73.2 Å². The van der Waals surface area contributed by atoms with Crippen LogP contribution in [0.4, 0.5) is 0 Å².